The first kappa shape index (κ1) is 8.77. The molecule has 0 aliphatic heterocycles. The zero-order valence-corrected chi connectivity index (χ0v) is 7.42. The molecule has 0 fully saturated rings. The van der Waals surface area contributed by atoms with Crippen molar-refractivity contribution in [3.63, 3.8) is 0 Å². The summed E-state index contributed by atoms with van der Waals surface area (Å²) in [6.45, 7) is 5.84. The molecule has 12 heavy (non-hydrogen) atoms. The molecule has 1 aromatic rings. The Morgan fingerprint density at radius 1 is 1.58 bits per heavy atom. The number of nitrogens with zero attached hydrogens (tertiary/aromatic N) is 1. The molecule has 4 heteroatoms. The molecule has 66 valence electrons. The standard InChI is InChI=1S/C8H12N2O2/c1-8(2,3)7-10-5(4-12-7)6(9)11/h4H,1-3H3,(H2,9,11). The van der Waals surface area contributed by atoms with Gasteiger partial charge in [0.15, 0.2) is 11.6 Å². The monoisotopic (exact) mass is 168 g/mol. The van der Waals surface area contributed by atoms with Crippen molar-refractivity contribution in [3.8, 4) is 0 Å². The van der Waals surface area contributed by atoms with Crippen molar-refractivity contribution in [1.29, 1.82) is 0 Å². The number of hydrogen-bond donors (Lipinski definition) is 1. The molecule has 0 spiro atoms. The highest BCUT2D eigenvalue weighted by Crippen LogP contribution is 2.20. The summed E-state index contributed by atoms with van der Waals surface area (Å²) in [6.07, 6.45) is 1.28. The number of nitrogens with two attached hydrogens (primary N) is 1. The Balaban J connectivity index is 3.00. The van der Waals surface area contributed by atoms with Crippen molar-refractivity contribution in [2.24, 2.45) is 5.73 Å². The molecule has 0 aliphatic rings. The molecule has 0 bridgehead atoms. The van der Waals surface area contributed by atoms with E-state index in [0.717, 1.165) is 0 Å². The van der Waals surface area contributed by atoms with Crippen LogP contribution in [0.15, 0.2) is 10.7 Å². The van der Waals surface area contributed by atoms with Gasteiger partial charge in [0.1, 0.15) is 6.26 Å². The van der Waals surface area contributed by atoms with Crippen LogP contribution in [-0.2, 0) is 5.41 Å². The number of carbonyl (C=O) groups excluding carboxylic acids is 1. The number of primary amides is 1. The Labute approximate surface area is 70.8 Å². The Morgan fingerprint density at radius 2 is 2.17 bits per heavy atom. The highest BCUT2D eigenvalue weighted by atomic mass is 16.3. The summed E-state index contributed by atoms with van der Waals surface area (Å²) >= 11 is 0. The van der Waals surface area contributed by atoms with Gasteiger partial charge >= 0.3 is 0 Å². The van der Waals surface area contributed by atoms with E-state index >= 15 is 0 Å². The predicted octanol–water partition coefficient (Wildman–Crippen LogP) is 1.07. The average molecular weight is 168 g/mol. The fourth-order valence-corrected chi connectivity index (χ4v) is 0.731. The van der Waals surface area contributed by atoms with E-state index in [4.69, 9.17) is 10.2 Å². The van der Waals surface area contributed by atoms with Crippen LogP contribution in [0.5, 0.6) is 0 Å². The molecule has 0 unspecified atom stereocenters. The Bertz CT molecular complexity index is 296. The van der Waals surface area contributed by atoms with Crippen LogP contribution < -0.4 is 5.73 Å². The third-order valence-electron chi connectivity index (χ3n) is 1.40. The van der Waals surface area contributed by atoms with E-state index in [1.165, 1.54) is 6.26 Å². The predicted molar refractivity (Wildman–Crippen MR) is 43.7 cm³/mol. The van der Waals surface area contributed by atoms with Crippen molar-refractivity contribution < 1.29 is 9.21 Å². The third-order valence-corrected chi connectivity index (χ3v) is 1.40. The van der Waals surface area contributed by atoms with E-state index in [1.54, 1.807) is 0 Å². The summed E-state index contributed by atoms with van der Waals surface area (Å²) < 4.78 is 5.08. The molecule has 0 aliphatic carbocycles. The minimum Gasteiger partial charge on any atom is -0.448 e. The molecule has 1 aromatic heterocycles. The SMILES string of the molecule is CC(C)(C)c1nc(C(N)=O)co1. The molecular formula is C8H12N2O2. The van der Waals surface area contributed by atoms with Crippen molar-refractivity contribution in [1.82, 2.24) is 4.98 Å². The lowest BCUT2D eigenvalue weighted by molar-refractivity contribution is 0.0995. The van der Waals surface area contributed by atoms with Gasteiger partial charge in [-0.2, -0.15) is 0 Å². The maximum absolute atomic E-state index is 10.6. The number of aromatic nitrogens is 1. The van der Waals surface area contributed by atoms with Gasteiger partial charge in [-0.15, -0.1) is 0 Å². The highest BCUT2D eigenvalue weighted by Gasteiger charge is 2.21. The summed E-state index contributed by atoms with van der Waals surface area (Å²) in [6, 6.07) is 0. The van der Waals surface area contributed by atoms with Gasteiger partial charge in [-0.3, -0.25) is 4.79 Å². The first-order valence-corrected chi connectivity index (χ1v) is 3.67. The normalized spacial score (nSPS) is 11.6. The zero-order chi connectivity index (χ0) is 9.35. The second-order valence-electron chi connectivity index (χ2n) is 3.65. The minimum atomic E-state index is -0.561. The molecule has 0 aromatic carbocycles. The lowest BCUT2D eigenvalue weighted by atomic mass is 9.97. The first-order valence-electron chi connectivity index (χ1n) is 3.67. The molecule has 1 heterocycles. The molecule has 4 nitrogen and oxygen atoms in total. The van der Waals surface area contributed by atoms with E-state index in [0.29, 0.717) is 5.89 Å². The second kappa shape index (κ2) is 2.62. The first-order chi connectivity index (χ1) is 5.41. The lowest BCUT2D eigenvalue weighted by Crippen LogP contribution is -2.14. The number of rotatable bonds is 1. The fourth-order valence-electron chi connectivity index (χ4n) is 0.731. The second-order valence-corrected chi connectivity index (χ2v) is 3.65. The molecule has 1 amide bonds. The van der Waals surface area contributed by atoms with Crippen molar-refractivity contribution in [3.05, 3.63) is 17.8 Å². The van der Waals surface area contributed by atoms with Crippen LogP contribution in [0.1, 0.15) is 37.2 Å². The summed E-state index contributed by atoms with van der Waals surface area (Å²) in [5.41, 5.74) is 5.00. The summed E-state index contributed by atoms with van der Waals surface area (Å²) in [4.78, 5) is 14.6. The van der Waals surface area contributed by atoms with Gasteiger partial charge in [0, 0.05) is 5.41 Å². The molecule has 1 rings (SSSR count). The van der Waals surface area contributed by atoms with Gasteiger partial charge < -0.3 is 10.2 Å². The number of hydrogen-bond acceptors (Lipinski definition) is 3. The van der Waals surface area contributed by atoms with E-state index in [1.807, 2.05) is 20.8 Å². The van der Waals surface area contributed by atoms with Crippen molar-refractivity contribution in [2.75, 3.05) is 0 Å². The van der Waals surface area contributed by atoms with E-state index in [2.05, 4.69) is 4.98 Å². The quantitative estimate of drug-likeness (QED) is 0.681. The Morgan fingerprint density at radius 3 is 2.42 bits per heavy atom. The number of oxazole rings is 1. The van der Waals surface area contributed by atoms with Gasteiger partial charge in [0.05, 0.1) is 0 Å². The van der Waals surface area contributed by atoms with Crippen molar-refractivity contribution in [2.45, 2.75) is 26.2 Å². The number of amides is 1. The Kier molecular flexibility index (Phi) is 1.92. The molecule has 2 N–H and O–H groups in total. The fraction of sp³-hybridized carbons (Fsp3) is 0.500. The molecule has 0 saturated carbocycles. The van der Waals surface area contributed by atoms with E-state index in [9.17, 15) is 4.79 Å². The van der Waals surface area contributed by atoms with Gasteiger partial charge in [0.2, 0.25) is 0 Å². The average Bonchev–Trinajstić information content (AvgIpc) is 2.30. The van der Waals surface area contributed by atoms with Crippen LogP contribution in [-0.4, -0.2) is 10.9 Å². The van der Waals surface area contributed by atoms with Gasteiger partial charge in [-0.25, -0.2) is 4.98 Å². The third kappa shape index (κ3) is 1.64. The largest absolute Gasteiger partial charge is 0.448 e. The molecular weight excluding hydrogens is 156 g/mol. The molecule has 0 radical (unpaired) electrons. The maximum atomic E-state index is 10.6. The van der Waals surface area contributed by atoms with Crippen LogP contribution in [0.2, 0.25) is 0 Å². The summed E-state index contributed by atoms with van der Waals surface area (Å²) in [5.74, 6) is -0.0365. The minimum absolute atomic E-state index is 0.180. The number of carbonyl (C=O) groups is 1. The van der Waals surface area contributed by atoms with Crippen LogP contribution in [0.4, 0.5) is 0 Å². The molecule has 0 atom stereocenters. The van der Waals surface area contributed by atoms with Gasteiger partial charge in [-0.05, 0) is 0 Å². The summed E-state index contributed by atoms with van der Waals surface area (Å²) in [5, 5.41) is 0. The smallest absolute Gasteiger partial charge is 0.270 e. The van der Waals surface area contributed by atoms with Crippen LogP contribution in [0.3, 0.4) is 0 Å². The van der Waals surface area contributed by atoms with Crippen LogP contribution in [0, 0.1) is 0 Å². The summed E-state index contributed by atoms with van der Waals surface area (Å²) in [7, 11) is 0. The van der Waals surface area contributed by atoms with Crippen molar-refractivity contribution >= 4 is 5.91 Å². The van der Waals surface area contributed by atoms with Crippen LogP contribution >= 0.6 is 0 Å². The van der Waals surface area contributed by atoms with Gasteiger partial charge in [-0.1, -0.05) is 20.8 Å². The lowest BCUT2D eigenvalue weighted by Gasteiger charge is -2.11. The molecule has 0 saturated heterocycles. The Hall–Kier alpha value is -1.32. The van der Waals surface area contributed by atoms with E-state index in [-0.39, 0.29) is 11.1 Å². The van der Waals surface area contributed by atoms with Gasteiger partial charge in [0.25, 0.3) is 5.91 Å². The zero-order valence-electron chi connectivity index (χ0n) is 7.42. The highest BCUT2D eigenvalue weighted by molar-refractivity contribution is 5.90. The maximum Gasteiger partial charge on any atom is 0.270 e. The topological polar surface area (TPSA) is 69.1 Å². The van der Waals surface area contributed by atoms with E-state index < -0.39 is 5.91 Å². The van der Waals surface area contributed by atoms with Crippen LogP contribution in [0.25, 0.3) is 0 Å².